The molecule has 2 rings (SSSR count). The van der Waals surface area contributed by atoms with Crippen molar-refractivity contribution in [2.45, 2.75) is 12.6 Å². The molecule has 1 aliphatic heterocycles. The maximum absolute atomic E-state index is 5.98. The highest BCUT2D eigenvalue weighted by Crippen LogP contribution is 2.25. The van der Waals surface area contributed by atoms with E-state index in [4.69, 9.17) is 21.1 Å². The van der Waals surface area contributed by atoms with E-state index >= 15 is 0 Å². The highest BCUT2D eigenvalue weighted by atomic mass is 79.9. The number of halogens is 2. The van der Waals surface area contributed by atoms with Gasteiger partial charge in [0.15, 0.2) is 0 Å². The third kappa shape index (κ3) is 3.38. The van der Waals surface area contributed by atoms with Crippen LogP contribution in [0.5, 0.6) is 5.75 Å². The van der Waals surface area contributed by atoms with Crippen molar-refractivity contribution in [2.75, 3.05) is 32.7 Å². The molecule has 100 valence electrons. The second-order valence-corrected chi connectivity index (χ2v) is 5.53. The molecule has 0 radical (unpaired) electrons. The van der Waals surface area contributed by atoms with E-state index in [1.807, 2.05) is 12.1 Å². The third-order valence-electron chi connectivity index (χ3n) is 3.14. The van der Waals surface area contributed by atoms with Crippen molar-refractivity contribution in [1.82, 2.24) is 4.90 Å². The summed E-state index contributed by atoms with van der Waals surface area (Å²) in [7, 11) is 1.70. The normalized spacial score (nSPS) is 20.9. The minimum Gasteiger partial charge on any atom is -0.496 e. The Balaban J connectivity index is 2.14. The number of alkyl halides is 1. The lowest BCUT2D eigenvalue weighted by Gasteiger charge is -2.34. The molecule has 1 aromatic rings. The van der Waals surface area contributed by atoms with Gasteiger partial charge < -0.3 is 9.47 Å². The van der Waals surface area contributed by atoms with E-state index in [2.05, 4.69) is 26.9 Å². The average Bonchev–Trinajstić information content (AvgIpc) is 2.40. The molecule has 18 heavy (non-hydrogen) atoms. The van der Waals surface area contributed by atoms with E-state index in [1.54, 1.807) is 7.11 Å². The number of benzene rings is 1. The molecule has 1 atom stereocenters. The van der Waals surface area contributed by atoms with Crippen LogP contribution in [0.1, 0.15) is 5.56 Å². The van der Waals surface area contributed by atoms with Gasteiger partial charge in [-0.15, -0.1) is 11.6 Å². The average molecular weight is 335 g/mol. The lowest BCUT2D eigenvalue weighted by Crippen LogP contribution is -2.45. The van der Waals surface area contributed by atoms with Crippen LogP contribution in [0.4, 0.5) is 0 Å². The summed E-state index contributed by atoms with van der Waals surface area (Å²) in [6.45, 7) is 3.22. The topological polar surface area (TPSA) is 21.7 Å². The van der Waals surface area contributed by atoms with Gasteiger partial charge in [0.05, 0.1) is 20.3 Å². The van der Waals surface area contributed by atoms with Gasteiger partial charge in [-0.05, 0) is 18.2 Å². The Morgan fingerprint density at radius 3 is 3.11 bits per heavy atom. The summed E-state index contributed by atoms with van der Waals surface area (Å²) in [5.41, 5.74) is 1.17. The number of hydrogen-bond donors (Lipinski definition) is 0. The van der Waals surface area contributed by atoms with E-state index < -0.39 is 0 Å². The monoisotopic (exact) mass is 333 g/mol. The molecular weight excluding hydrogens is 318 g/mol. The fourth-order valence-corrected chi connectivity index (χ4v) is 2.82. The van der Waals surface area contributed by atoms with Crippen molar-refractivity contribution in [2.24, 2.45) is 0 Å². The van der Waals surface area contributed by atoms with Gasteiger partial charge in [0.25, 0.3) is 0 Å². The zero-order valence-corrected chi connectivity index (χ0v) is 12.7. The first-order valence-electron chi connectivity index (χ1n) is 5.94. The summed E-state index contributed by atoms with van der Waals surface area (Å²) >= 11 is 9.48. The molecule has 0 spiro atoms. The molecular formula is C13H17BrClNO2. The van der Waals surface area contributed by atoms with Crippen LogP contribution in [0.25, 0.3) is 0 Å². The number of methoxy groups -OCH3 is 1. The second-order valence-electron chi connectivity index (χ2n) is 4.31. The maximum Gasteiger partial charge on any atom is 0.123 e. The predicted octanol–water partition coefficient (Wildman–Crippen LogP) is 2.90. The number of rotatable bonds is 4. The van der Waals surface area contributed by atoms with Gasteiger partial charge in [0.2, 0.25) is 0 Å². The van der Waals surface area contributed by atoms with Crippen LogP contribution in [-0.2, 0) is 11.3 Å². The molecule has 1 aliphatic rings. The Morgan fingerprint density at radius 1 is 1.56 bits per heavy atom. The third-order valence-corrected chi connectivity index (χ3v) is 3.99. The van der Waals surface area contributed by atoms with Gasteiger partial charge in [-0.1, -0.05) is 15.9 Å². The number of nitrogens with zero attached hydrogens (tertiary/aromatic N) is 1. The standard InChI is InChI=1S/C13H17BrClNO2/c1-17-13-3-2-11(14)6-10(13)8-16-4-5-18-9-12(16)7-15/h2-3,6,12H,4-5,7-9H2,1H3. The fraction of sp³-hybridized carbons (Fsp3) is 0.538. The van der Waals surface area contributed by atoms with E-state index in [-0.39, 0.29) is 6.04 Å². The summed E-state index contributed by atoms with van der Waals surface area (Å²) in [6.07, 6.45) is 0. The molecule has 1 saturated heterocycles. The number of morpholine rings is 1. The van der Waals surface area contributed by atoms with Crippen LogP contribution in [0.2, 0.25) is 0 Å². The van der Waals surface area contributed by atoms with Crippen molar-refractivity contribution >= 4 is 27.5 Å². The molecule has 0 aromatic heterocycles. The highest BCUT2D eigenvalue weighted by molar-refractivity contribution is 9.10. The van der Waals surface area contributed by atoms with E-state index in [1.165, 1.54) is 5.56 Å². The van der Waals surface area contributed by atoms with E-state index in [9.17, 15) is 0 Å². The van der Waals surface area contributed by atoms with Crippen molar-refractivity contribution in [3.8, 4) is 5.75 Å². The summed E-state index contributed by atoms with van der Waals surface area (Å²) in [6, 6.07) is 6.35. The second kappa shape index (κ2) is 6.75. The maximum atomic E-state index is 5.98. The number of hydrogen-bond acceptors (Lipinski definition) is 3. The van der Waals surface area contributed by atoms with Crippen LogP contribution in [0, 0.1) is 0 Å². The Bertz CT molecular complexity index is 403. The minimum atomic E-state index is 0.282. The van der Waals surface area contributed by atoms with Gasteiger partial charge in [-0.2, -0.15) is 0 Å². The van der Waals surface area contributed by atoms with Crippen LogP contribution < -0.4 is 4.74 Å². The van der Waals surface area contributed by atoms with Gasteiger partial charge in [0, 0.05) is 35.0 Å². The van der Waals surface area contributed by atoms with E-state index in [0.29, 0.717) is 12.5 Å². The fourth-order valence-electron chi connectivity index (χ4n) is 2.13. The summed E-state index contributed by atoms with van der Waals surface area (Å²) < 4.78 is 11.9. The zero-order valence-electron chi connectivity index (χ0n) is 10.4. The van der Waals surface area contributed by atoms with Gasteiger partial charge >= 0.3 is 0 Å². The predicted molar refractivity (Wildman–Crippen MR) is 76.4 cm³/mol. The van der Waals surface area contributed by atoms with Gasteiger partial charge in [-0.3, -0.25) is 4.90 Å². The Hall–Kier alpha value is -0.290. The molecule has 0 aliphatic carbocycles. The van der Waals surface area contributed by atoms with E-state index in [0.717, 1.165) is 29.9 Å². The Labute approximate surface area is 121 Å². The van der Waals surface area contributed by atoms with Crippen molar-refractivity contribution < 1.29 is 9.47 Å². The Kier molecular flexibility index (Phi) is 5.30. The molecule has 1 heterocycles. The smallest absolute Gasteiger partial charge is 0.123 e. The van der Waals surface area contributed by atoms with Crippen LogP contribution in [0.3, 0.4) is 0 Å². The quantitative estimate of drug-likeness (QED) is 0.790. The van der Waals surface area contributed by atoms with Crippen LogP contribution >= 0.6 is 27.5 Å². The summed E-state index contributed by atoms with van der Waals surface area (Å²) in [5, 5.41) is 0. The Morgan fingerprint density at radius 2 is 2.39 bits per heavy atom. The molecule has 0 amide bonds. The number of ether oxygens (including phenoxy) is 2. The first-order valence-corrected chi connectivity index (χ1v) is 7.27. The van der Waals surface area contributed by atoms with Gasteiger partial charge in [0.1, 0.15) is 5.75 Å². The molecule has 5 heteroatoms. The summed E-state index contributed by atoms with van der Waals surface area (Å²) in [4.78, 5) is 2.35. The molecule has 0 bridgehead atoms. The SMILES string of the molecule is COc1ccc(Br)cc1CN1CCOCC1CCl. The van der Waals surface area contributed by atoms with Crippen molar-refractivity contribution in [1.29, 1.82) is 0 Å². The lowest BCUT2D eigenvalue weighted by molar-refractivity contribution is -0.00331. The molecule has 1 unspecified atom stereocenters. The van der Waals surface area contributed by atoms with Crippen molar-refractivity contribution in [3.05, 3.63) is 28.2 Å². The first-order chi connectivity index (χ1) is 8.74. The molecule has 1 fully saturated rings. The zero-order chi connectivity index (χ0) is 13.0. The molecule has 0 saturated carbocycles. The highest BCUT2D eigenvalue weighted by Gasteiger charge is 2.23. The minimum absolute atomic E-state index is 0.282. The van der Waals surface area contributed by atoms with Gasteiger partial charge in [-0.25, -0.2) is 0 Å². The molecule has 3 nitrogen and oxygen atoms in total. The van der Waals surface area contributed by atoms with Crippen LogP contribution in [-0.4, -0.2) is 43.7 Å². The largest absolute Gasteiger partial charge is 0.496 e. The van der Waals surface area contributed by atoms with Crippen molar-refractivity contribution in [3.63, 3.8) is 0 Å². The summed E-state index contributed by atoms with van der Waals surface area (Å²) in [5.74, 6) is 1.51. The lowest BCUT2D eigenvalue weighted by atomic mass is 10.1. The molecule has 0 N–H and O–H groups in total. The first kappa shape index (κ1) is 14.1. The molecule has 1 aromatic carbocycles. The van der Waals surface area contributed by atoms with Crippen LogP contribution in [0.15, 0.2) is 22.7 Å².